The average Bonchev–Trinajstić information content (AvgIpc) is 2.92. The second-order valence-electron chi connectivity index (χ2n) is 5.27. The molecule has 1 saturated carbocycles. The number of hydrogen-bond donors (Lipinski definition) is 1. The SMILES string of the molecule is CCSC1CCC(NCc2ccc(C(=O)OC)c(F)c2)C1. The molecule has 2 unspecified atom stereocenters. The molecule has 0 heterocycles. The largest absolute Gasteiger partial charge is 0.465 e. The highest BCUT2D eigenvalue weighted by Gasteiger charge is 2.24. The first kappa shape index (κ1) is 16.3. The molecule has 1 aliphatic rings. The van der Waals surface area contributed by atoms with Crippen LogP contribution in [0.15, 0.2) is 18.2 Å². The highest BCUT2D eigenvalue weighted by atomic mass is 32.2. The Morgan fingerprint density at radius 2 is 2.29 bits per heavy atom. The van der Waals surface area contributed by atoms with Gasteiger partial charge in [-0.3, -0.25) is 0 Å². The van der Waals surface area contributed by atoms with E-state index in [9.17, 15) is 9.18 Å². The van der Waals surface area contributed by atoms with Gasteiger partial charge in [-0.2, -0.15) is 11.8 Å². The number of hydrogen-bond acceptors (Lipinski definition) is 4. The highest BCUT2D eigenvalue weighted by molar-refractivity contribution is 7.99. The zero-order valence-electron chi connectivity index (χ0n) is 12.5. The van der Waals surface area contributed by atoms with E-state index in [1.165, 1.54) is 38.5 Å². The van der Waals surface area contributed by atoms with Crippen molar-refractivity contribution in [3.05, 3.63) is 35.1 Å². The van der Waals surface area contributed by atoms with Crippen molar-refractivity contribution in [3.63, 3.8) is 0 Å². The minimum absolute atomic E-state index is 0.0125. The van der Waals surface area contributed by atoms with E-state index < -0.39 is 11.8 Å². The predicted molar refractivity (Wildman–Crippen MR) is 84.1 cm³/mol. The standard InChI is InChI=1S/C16H22FNO2S/c1-3-21-13-6-5-12(9-13)18-10-11-4-7-14(15(17)8-11)16(19)20-2/h4,7-8,12-13,18H,3,5-6,9-10H2,1-2H3. The third-order valence-corrected chi connectivity index (χ3v) is 5.05. The van der Waals surface area contributed by atoms with Gasteiger partial charge in [0.05, 0.1) is 12.7 Å². The van der Waals surface area contributed by atoms with Crippen LogP contribution in [-0.4, -0.2) is 30.1 Å². The van der Waals surface area contributed by atoms with E-state index in [2.05, 4.69) is 17.0 Å². The van der Waals surface area contributed by atoms with E-state index in [0.29, 0.717) is 12.6 Å². The summed E-state index contributed by atoms with van der Waals surface area (Å²) in [7, 11) is 1.25. The zero-order valence-corrected chi connectivity index (χ0v) is 13.3. The van der Waals surface area contributed by atoms with E-state index in [0.717, 1.165) is 16.6 Å². The molecule has 21 heavy (non-hydrogen) atoms. The van der Waals surface area contributed by atoms with Gasteiger partial charge in [0.25, 0.3) is 0 Å². The number of carbonyl (C=O) groups is 1. The van der Waals surface area contributed by atoms with Crippen LogP contribution < -0.4 is 5.32 Å². The van der Waals surface area contributed by atoms with Crippen LogP contribution in [0.5, 0.6) is 0 Å². The summed E-state index contributed by atoms with van der Waals surface area (Å²) in [6.07, 6.45) is 3.62. The van der Waals surface area contributed by atoms with E-state index in [4.69, 9.17) is 0 Å². The fourth-order valence-corrected chi connectivity index (χ4v) is 3.86. The van der Waals surface area contributed by atoms with Crippen LogP contribution in [0.4, 0.5) is 4.39 Å². The van der Waals surface area contributed by atoms with Crippen LogP contribution in [-0.2, 0) is 11.3 Å². The van der Waals surface area contributed by atoms with Crippen LogP contribution in [0.3, 0.4) is 0 Å². The maximum Gasteiger partial charge on any atom is 0.340 e. The molecular weight excluding hydrogens is 289 g/mol. The average molecular weight is 311 g/mol. The van der Waals surface area contributed by atoms with Crippen molar-refractivity contribution in [1.82, 2.24) is 5.32 Å². The molecule has 1 N–H and O–H groups in total. The Hall–Kier alpha value is -1.07. The molecule has 0 spiro atoms. The molecule has 116 valence electrons. The Morgan fingerprint density at radius 3 is 2.95 bits per heavy atom. The molecule has 2 atom stereocenters. The molecule has 0 saturated heterocycles. The van der Waals surface area contributed by atoms with Gasteiger partial charge in [-0.05, 0) is 42.7 Å². The van der Waals surface area contributed by atoms with Crippen LogP contribution in [0.25, 0.3) is 0 Å². The quantitative estimate of drug-likeness (QED) is 0.818. The van der Waals surface area contributed by atoms with Crippen molar-refractivity contribution in [1.29, 1.82) is 0 Å². The molecule has 0 radical (unpaired) electrons. The molecule has 1 aromatic carbocycles. The van der Waals surface area contributed by atoms with Crippen molar-refractivity contribution < 1.29 is 13.9 Å². The van der Waals surface area contributed by atoms with E-state index in [-0.39, 0.29) is 5.56 Å². The normalized spacial score (nSPS) is 21.5. The minimum atomic E-state index is -0.637. The summed E-state index contributed by atoms with van der Waals surface area (Å²) in [5.41, 5.74) is 0.841. The van der Waals surface area contributed by atoms with Gasteiger partial charge in [0, 0.05) is 17.8 Å². The molecule has 1 aromatic rings. The smallest absolute Gasteiger partial charge is 0.340 e. The number of ether oxygens (including phenoxy) is 1. The lowest BCUT2D eigenvalue weighted by Gasteiger charge is -2.13. The molecule has 0 bridgehead atoms. The number of thioether (sulfide) groups is 1. The van der Waals surface area contributed by atoms with Crippen LogP contribution in [0.2, 0.25) is 0 Å². The summed E-state index contributed by atoms with van der Waals surface area (Å²) in [6.45, 7) is 2.82. The van der Waals surface area contributed by atoms with E-state index >= 15 is 0 Å². The van der Waals surface area contributed by atoms with E-state index in [1.807, 2.05) is 11.8 Å². The van der Waals surface area contributed by atoms with Crippen LogP contribution in [0, 0.1) is 5.82 Å². The van der Waals surface area contributed by atoms with Gasteiger partial charge < -0.3 is 10.1 Å². The first-order chi connectivity index (χ1) is 10.1. The Kier molecular flexibility index (Phi) is 6.06. The third kappa shape index (κ3) is 4.45. The summed E-state index contributed by atoms with van der Waals surface area (Å²) in [4.78, 5) is 11.3. The monoisotopic (exact) mass is 311 g/mol. The van der Waals surface area contributed by atoms with Crippen molar-refractivity contribution in [3.8, 4) is 0 Å². The maximum absolute atomic E-state index is 13.8. The fraction of sp³-hybridized carbons (Fsp3) is 0.562. The van der Waals surface area contributed by atoms with Crippen molar-refractivity contribution in [2.45, 2.75) is 44.0 Å². The van der Waals surface area contributed by atoms with Gasteiger partial charge in [0.1, 0.15) is 5.82 Å². The predicted octanol–water partition coefficient (Wildman–Crippen LogP) is 3.38. The number of carbonyl (C=O) groups excluding carboxylic acids is 1. The number of methoxy groups -OCH3 is 1. The number of esters is 1. The second kappa shape index (κ2) is 7.80. The number of benzene rings is 1. The zero-order chi connectivity index (χ0) is 15.2. The summed E-state index contributed by atoms with van der Waals surface area (Å²) in [6, 6.07) is 5.18. The summed E-state index contributed by atoms with van der Waals surface area (Å²) < 4.78 is 18.4. The summed E-state index contributed by atoms with van der Waals surface area (Å²) in [5, 5.41) is 4.24. The maximum atomic E-state index is 13.8. The van der Waals surface area contributed by atoms with Gasteiger partial charge in [0.2, 0.25) is 0 Å². The fourth-order valence-electron chi connectivity index (χ4n) is 2.72. The first-order valence-corrected chi connectivity index (χ1v) is 8.40. The Morgan fingerprint density at radius 1 is 1.48 bits per heavy atom. The van der Waals surface area contributed by atoms with Gasteiger partial charge in [-0.1, -0.05) is 13.0 Å². The number of halogens is 1. The summed E-state index contributed by atoms with van der Waals surface area (Å²) >= 11 is 2.02. The Labute approximate surface area is 129 Å². The van der Waals surface area contributed by atoms with Gasteiger partial charge in [0.15, 0.2) is 0 Å². The molecule has 3 nitrogen and oxygen atoms in total. The van der Waals surface area contributed by atoms with Crippen LogP contribution in [0.1, 0.15) is 42.1 Å². The van der Waals surface area contributed by atoms with Gasteiger partial charge in [-0.15, -0.1) is 0 Å². The Bertz CT molecular complexity index is 495. The minimum Gasteiger partial charge on any atom is -0.465 e. The number of nitrogens with one attached hydrogen (secondary N) is 1. The highest BCUT2D eigenvalue weighted by Crippen LogP contribution is 2.29. The van der Waals surface area contributed by atoms with E-state index in [1.54, 1.807) is 6.07 Å². The Balaban J connectivity index is 1.87. The lowest BCUT2D eigenvalue weighted by molar-refractivity contribution is 0.0595. The van der Waals surface area contributed by atoms with Crippen LogP contribution >= 0.6 is 11.8 Å². The van der Waals surface area contributed by atoms with Crippen molar-refractivity contribution >= 4 is 17.7 Å². The molecule has 1 aliphatic carbocycles. The molecule has 0 aliphatic heterocycles. The third-order valence-electron chi connectivity index (χ3n) is 3.82. The second-order valence-corrected chi connectivity index (χ2v) is 6.85. The first-order valence-electron chi connectivity index (χ1n) is 7.35. The lowest BCUT2D eigenvalue weighted by Crippen LogP contribution is -2.26. The molecule has 5 heteroatoms. The summed E-state index contributed by atoms with van der Waals surface area (Å²) in [5.74, 6) is 0.00615. The van der Waals surface area contributed by atoms with Gasteiger partial charge in [-0.25, -0.2) is 9.18 Å². The number of rotatable bonds is 6. The van der Waals surface area contributed by atoms with Gasteiger partial charge >= 0.3 is 5.97 Å². The molecular formula is C16H22FNO2S. The molecule has 0 amide bonds. The molecule has 2 rings (SSSR count). The van der Waals surface area contributed by atoms with Crippen molar-refractivity contribution in [2.75, 3.05) is 12.9 Å². The molecule has 0 aromatic heterocycles. The topological polar surface area (TPSA) is 38.3 Å². The van der Waals surface area contributed by atoms with Crippen molar-refractivity contribution in [2.24, 2.45) is 0 Å². The lowest BCUT2D eigenvalue weighted by atomic mass is 10.1. The molecule has 1 fully saturated rings.